The fourth-order valence-corrected chi connectivity index (χ4v) is 4.20. The number of rotatable bonds is 6. The number of fused-ring (bicyclic) bond motifs is 1. The molecule has 4 aromatic heterocycles. The molecule has 3 N–H and O–H groups in total. The molecule has 0 aliphatic carbocycles. The fraction of sp³-hybridized carbons (Fsp3) is 0.179. The third kappa shape index (κ3) is 5.30. The molecule has 4 heterocycles. The molecule has 0 saturated heterocycles. The summed E-state index contributed by atoms with van der Waals surface area (Å²) in [5.74, 6) is -0.310. The molecule has 5 aromatic rings. The molecule has 0 fully saturated rings. The van der Waals surface area contributed by atoms with Gasteiger partial charge in [0.05, 0.1) is 11.4 Å². The highest BCUT2D eigenvalue weighted by atomic mass is 19.1. The average Bonchev–Trinajstić information content (AvgIpc) is 3.40. The maximum atomic E-state index is 14.8. The van der Waals surface area contributed by atoms with Crippen LogP contribution in [0.15, 0.2) is 59.8 Å². The van der Waals surface area contributed by atoms with Crippen molar-refractivity contribution >= 4 is 34.4 Å². The summed E-state index contributed by atoms with van der Waals surface area (Å²) in [5, 5.41) is 22.3. The number of nitrogens with one attached hydrogen (secondary N) is 3. The van der Waals surface area contributed by atoms with Crippen molar-refractivity contribution in [2.75, 3.05) is 23.0 Å². The number of amides is 2. The highest BCUT2D eigenvalue weighted by Crippen LogP contribution is 2.29. The smallest absolute Gasteiger partial charge is 0.323 e. The van der Waals surface area contributed by atoms with E-state index >= 15 is 0 Å². The zero-order chi connectivity index (χ0) is 29.3. The third-order valence-corrected chi connectivity index (χ3v) is 6.36. The molecular weight excluding hydrogens is 527 g/mol. The van der Waals surface area contributed by atoms with Gasteiger partial charge in [-0.2, -0.15) is 15.3 Å². The second-order valence-electron chi connectivity index (χ2n) is 9.43. The van der Waals surface area contributed by atoms with Gasteiger partial charge in [-0.05, 0) is 49.7 Å². The van der Waals surface area contributed by atoms with Crippen molar-refractivity contribution in [2.45, 2.75) is 19.9 Å². The minimum absolute atomic E-state index is 0.00683. The van der Waals surface area contributed by atoms with Gasteiger partial charge in [0, 0.05) is 55.2 Å². The summed E-state index contributed by atoms with van der Waals surface area (Å²) in [4.78, 5) is 38.8. The minimum Gasteiger partial charge on any atom is -0.357 e. The molecular formula is C28H25FN10O2. The summed E-state index contributed by atoms with van der Waals surface area (Å²) in [5.41, 5.74) is 2.29. The lowest BCUT2D eigenvalue weighted by atomic mass is 10.1. The Kier molecular flexibility index (Phi) is 7.13. The van der Waals surface area contributed by atoms with E-state index in [1.807, 2.05) is 19.9 Å². The Hall–Kier alpha value is -5.64. The fourth-order valence-electron chi connectivity index (χ4n) is 4.20. The lowest BCUT2D eigenvalue weighted by Gasteiger charge is -2.12. The number of nitrogens with zero attached hydrogens (tertiary/aromatic N) is 7. The van der Waals surface area contributed by atoms with E-state index in [-0.39, 0.29) is 28.5 Å². The highest BCUT2D eigenvalue weighted by Gasteiger charge is 2.18. The van der Waals surface area contributed by atoms with E-state index in [2.05, 4.69) is 36.0 Å². The summed E-state index contributed by atoms with van der Waals surface area (Å²) >= 11 is 0. The number of carbonyl (C=O) groups is 1. The lowest BCUT2D eigenvalue weighted by molar-refractivity contribution is 0.262. The number of halogens is 1. The van der Waals surface area contributed by atoms with Gasteiger partial charge in [-0.25, -0.2) is 19.2 Å². The number of nitriles is 1. The number of aryl methyl sites for hydroxylation is 1. The first kappa shape index (κ1) is 26.9. The number of urea groups is 1. The van der Waals surface area contributed by atoms with Crippen LogP contribution < -0.4 is 21.5 Å². The standard InChI is InChI=1S/C28H25FN10O2/c1-15(2)39-14-23(24(37-39)17-5-7-19(11-30)32-12-17)35-28(41)34-22-10-16(6-8-21(22)29)20-9-18-13-33-27(31-3)36-25(18)38(4)26(20)40/h5-10,12-15H,1-4H3,(H,31,33,36)(H2,34,35,41). The van der Waals surface area contributed by atoms with Crippen LogP contribution in [0, 0.1) is 17.1 Å². The molecule has 0 aliphatic rings. The summed E-state index contributed by atoms with van der Waals surface area (Å²) in [6, 6.07) is 10.1. The second-order valence-corrected chi connectivity index (χ2v) is 9.43. The number of hydrogen-bond acceptors (Lipinski definition) is 8. The average molecular weight is 553 g/mol. The first-order valence-electron chi connectivity index (χ1n) is 12.6. The van der Waals surface area contributed by atoms with Gasteiger partial charge in [0.15, 0.2) is 0 Å². The van der Waals surface area contributed by atoms with Gasteiger partial charge < -0.3 is 16.0 Å². The maximum absolute atomic E-state index is 14.8. The number of hydrogen-bond donors (Lipinski definition) is 3. The van der Waals surface area contributed by atoms with Crippen LogP contribution in [0.2, 0.25) is 0 Å². The quantitative estimate of drug-likeness (QED) is 0.277. The Balaban J connectivity index is 1.45. The number of aromatic nitrogens is 6. The van der Waals surface area contributed by atoms with Gasteiger partial charge >= 0.3 is 6.03 Å². The van der Waals surface area contributed by atoms with Crippen LogP contribution in [0.25, 0.3) is 33.4 Å². The molecule has 1 aromatic carbocycles. The van der Waals surface area contributed by atoms with Crippen molar-refractivity contribution in [3.05, 3.63) is 76.9 Å². The molecule has 5 rings (SSSR count). The summed E-state index contributed by atoms with van der Waals surface area (Å²) in [6.07, 6.45) is 4.74. The second kappa shape index (κ2) is 10.9. The van der Waals surface area contributed by atoms with Crippen LogP contribution in [-0.2, 0) is 7.05 Å². The lowest BCUT2D eigenvalue weighted by Crippen LogP contribution is -2.21. The van der Waals surface area contributed by atoms with Gasteiger partial charge in [0.2, 0.25) is 5.95 Å². The maximum Gasteiger partial charge on any atom is 0.323 e. The monoisotopic (exact) mass is 552 g/mol. The molecule has 0 unspecified atom stereocenters. The Morgan fingerprint density at radius 1 is 1.05 bits per heavy atom. The first-order valence-corrected chi connectivity index (χ1v) is 12.6. The zero-order valence-electron chi connectivity index (χ0n) is 22.6. The van der Waals surface area contributed by atoms with E-state index in [0.717, 1.165) is 0 Å². The molecule has 206 valence electrons. The van der Waals surface area contributed by atoms with Crippen LogP contribution in [0.4, 0.5) is 26.5 Å². The molecule has 0 saturated carbocycles. The predicted octanol–water partition coefficient (Wildman–Crippen LogP) is 4.53. The summed E-state index contributed by atoms with van der Waals surface area (Å²) < 4.78 is 17.9. The topological polar surface area (TPSA) is 155 Å². The number of pyridine rings is 2. The van der Waals surface area contributed by atoms with Gasteiger partial charge in [0.25, 0.3) is 5.56 Å². The Morgan fingerprint density at radius 2 is 1.80 bits per heavy atom. The molecule has 13 heteroatoms. The Morgan fingerprint density at radius 3 is 2.49 bits per heavy atom. The van der Waals surface area contributed by atoms with Gasteiger partial charge in [-0.1, -0.05) is 6.07 Å². The van der Waals surface area contributed by atoms with Gasteiger partial charge in [0.1, 0.15) is 28.9 Å². The Labute approximate surface area is 233 Å². The SMILES string of the molecule is CNc1ncc2cc(-c3ccc(F)c(NC(=O)Nc4cn(C(C)C)nc4-c4ccc(C#N)nc4)c3)c(=O)n(C)c2n1. The van der Waals surface area contributed by atoms with Crippen LogP contribution in [0.3, 0.4) is 0 Å². The van der Waals surface area contributed by atoms with Crippen molar-refractivity contribution in [3.8, 4) is 28.5 Å². The zero-order valence-corrected chi connectivity index (χ0v) is 22.6. The van der Waals surface area contributed by atoms with E-state index < -0.39 is 11.8 Å². The molecule has 2 amide bonds. The molecule has 0 aliphatic heterocycles. The van der Waals surface area contributed by atoms with Crippen LogP contribution in [0.1, 0.15) is 25.6 Å². The van der Waals surface area contributed by atoms with Crippen molar-refractivity contribution in [1.29, 1.82) is 5.26 Å². The molecule has 12 nitrogen and oxygen atoms in total. The van der Waals surface area contributed by atoms with Gasteiger partial charge in [-0.3, -0.25) is 14.0 Å². The summed E-state index contributed by atoms with van der Waals surface area (Å²) in [7, 11) is 3.27. The molecule has 0 spiro atoms. The summed E-state index contributed by atoms with van der Waals surface area (Å²) in [6.45, 7) is 3.86. The van der Waals surface area contributed by atoms with Crippen LogP contribution in [0.5, 0.6) is 0 Å². The normalized spacial score (nSPS) is 11.0. The molecule has 0 atom stereocenters. The van der Waals surface area contributed by atoms with E-state index in [4.69, 9.17) is 5.26 Å². The number of anilines is 3. The third-order valence-electron chi connectivity index (χ3n) is 6.36. The van der Waals surface area contributed by atoms with Crippen molar-refractivity contribution in [1.82, 2.24) is 29.3 Å². The predicted molar refractivity (Wildman–Crippen MR) is 153 cm³/mol. The Bertz CT molecular complexity index is 1890. The van der Waals surface area contributed by atoms with Crippen LogP contribution in [-0.4, -0.2) is 42.4 Å². The van der Waals surface area contributed by atoms with E-state index in [1.54, 1.807) is 49.4 Å². The number of carbonyl (C=O) groups excluding carboxylic acids is 1. The van der Waals surface area contributed by atoms with Gasteiger partial charge in [-0.15, -0.1) is 0 Å². The van der Waals surface area contributed by atoms with E-state index in [1.165, 1.54) is 29.0 Å². The molecule has 0 bridgehead atoms. The number of benzene rings is 1. The molecule has 0 radical (unpaired) electrons. The van der Waals surface area contributed by atoms with Crippen molar-refractivity contribution in [2.24, 2.45) is 7.05 Å². The van der Waals surface area contributed by atoms with Crippen molar-refractivity contribution in [3.63, 3.8) is 0 Å². The van der Waals surface area contributed by atoms with E-state index in [0.29, 0.717) is 39.5 Å². The van der Waals surface area contributed by atoms with Crippen molar-refractivity contribution < 1.29 is 9.18 Å². The highest BCUT2D eigenvalue weighted by molar-refractivity contribution is 6.02. The largest absolute Gasteiger partial charge is 0.357 e. The molecule has 41 heavy (non-hydrogen) atoms. The van der Waals surface area contributed by atoms with Crippen LogP contribution >= 0.6 is 0 Å². The minimum atomic E-state index is -0.716. The van der Waals surface area contributed by atoms with E-state index in [9.17, 15) is 14.0 Å². The first-order chi connectivity index (χ1) is 19.7.